The van der Waals surface area contributed by atoms with Crippen LogP contribution in [0.5, 0.6) is 0 Å². The van der Waals surface area contributed by atoms with E-state index in [4.69, 9.17) is 5.11 Å². The highest BCUT2D eigenvalue weighted by atomic mass is 32.2. The van der Waals surface area contributed by atoms with Crippen molar-refractivity contribution >= 4 is 15.8 Å². The van der Waals surface area contributed by atoms with Crippen LogP contribution in [0.4, 0.5) is 0 Å². The van der Waals surface area contributed by atoms with E-state index in [1.165, 1.54) is 0 Å². The van der Waals surface area contributed by atoms with Gasteiger partial charge in [-0.1, -0.05) is 6.58 Å². The maximum atomic E-state index is 11.4. The molecule has 0 aliphatic heterocycles. The standard InChI is InChI=1S/C9H14O4S/c1-2-14(12,13)8-5-3-7(4-6-8)9(10)11/h2,7-8H,1,3-6H2,(H,10,11). The van der Waals surface area contributed by atoms with Crippen LogP contribution in [0, 0.1) is 5.92 Å². The van der Waals surface area contributed by atoms with E-state index in [0.29, 0.717) is 25.7 Å². The summed E-state index contributed by atoms with van der Waals surface area (Å²) in [6.07, 6.45) is 1.77. The van der Waals surface area contributed by atoms with Gasteiger partial charge < -0.3 is 5.11 Å². The smallest absolute Gasteiger partial charge is 0.306 e. The summed E-state index contributed by atoms with van der Waals surface area (Å²) in [6.45, 7) is 3.26. The average molecular weight is 218 g/mol. The van der Waals surface area contributed by atoms with Crippen molar-refractivity contribution in [1.29, 1.82) is 0 Å². The second-order valence-electron chi connectivity index (χ2n) is 3.57. The van der Waals surface area contributed by atoms with Gasteiger partial charge in [-0.15, -0.1) is 0 Å². The fourth-order valence-corrected chi connectivity index (χ4v) is 2.98. The molecule has 1 saturated carbocycles. The van der Waals surface area contributed by atoms with Crippen molar-refractivity contribution in [2.24, 2.45) is 5.92 Å². The largest absolute Gasteiger partial charge is 0.481 e. The summed E-state index contributed by atoms with van der Waals surface area (Å²) in [4.78, 5) is 10.6. The zero-order valence-electron chi connectivity index (χ0n) is 7.85. The Morgan fingerprint density at radius 3 is 2.14 bits per heavy atom. The van der Waals surface area contributed by atoms with Gasteiger partial charge >= 0.3 is 5.97 Å². The highest BCUT2D eigenvalue weighted by Gasteiger charge is 2.31. The van der Waals surface area contributed by atoms with Gasteiger partial charge in [0.15, 0.2) is 9.84 Å². The molecule has 0 aromatic rings. The topological polar surface area (TPSA) is 71.4 Å². The van der Waals surface area contributed by atoms with Crippen molar-refractivity contribution in [2.75, 3.05) is 0 Å². The van der Waals surface area contributed by atoms with E-state index >= 15 is 0 Å². The molecular weight excluding hydrogens is 204 g/mol. The number of hydrogen-bond donors (Lipinski definition) is 1. The highest BCUT2D eigenvalue weighted by Crippen LogP contribution is 2.29. The van der Waals surface area contributed by atoms with Crippen molar-refractivity contribution in [2.45, 2.75) is 30.9 Å². The molecule has 1 N–H and O–H groups in total. The first-order chi connectivity index (χ1) is 6.47. The van der Waals surface area contributed by atoms with Crippen molar-refractivity contribution < 1.29 is 18.3 Å². The van der Waals surface area contributed by atoms with Crippen LogP contribution in [0.1, 0.15) is 25.7 Å². The lowest BCUT2D eigenvalue weighted by Crippen LogP contribution is -2.28. The summed E-state index contributed by atoms with van der Waals surface area (Å²) in [7, 11) is -3.20. The van der Waals surface area contributed by atoms with Gasteiger partial charge in [0, 0.05) is 5.41 Å². The normalized spacial score (nSPS) is 28.3. The number of sulfone groups is 1. The van der Waals surface area contributed by atoms with Crippen LogP contribution in [-0.4, -0.2) is 24.7 Å². The zero-order valence-corrected chi connectivity index (χ0v) is 8.66. The summed E-state index contributed by atoms with van der Waals surface area (Å²) >= 11 is 0. The second-order valence-corrected chi connectivity index (χ2v) is 5.75. The fourth-order valence-electron chi connectivity index (χ4n) is 1.77. The Hall–Kier alpha value is -0.840. The fraction of sp³-hybridized carbons (Fsp3) is 0.667. The maximum absolute atomic E-state index is 11.4. The SMILES string of the molecule is C=CS(=O)(=O)C1CCC(C(=O)O)CC1. The zero-order chi connectivity index (χ0) is 10.8. The lowest BCUT2D eigenvalue weighted by molar-refractivity contribution is -0.142. The quantitative estimate of drug-likeness (QED) is 0.772. The Labute approximate surface area is 83.5 Å². The molecule has 0 bridgehead atoms. The van der Waals surface area contributed by atoms with E-state index in [2.05, 4.69) is 6.58 Å². The van der Waals surface area contributed by atoms with Crippen molar-refractivity contribution in [3.05, 3.63) is 12.0 Å². The van der Waals surface area contributed by atoms with E-state index < -0.39 is 21.1 Å². The number of carboxylic acid groups (broad SMARTS) is 1. The van der Waals surface area contributed by atoms with Crippen LogP contribution in [0.3, 0.4) is 0 Å². The van der Waals surface area contributed by atoms with Gasteiger partial charge in [0.05, 0.1) is 11.2 Å². The van der Waals surface area contributed by atoms with E-state index in [1.54, 1.807) is 0 Å². The lowest BCUT2D eigenvalue weighted by Gasteiger charge is -2.24. The van der Waals surface area contributed by atoms with E-state index in [1.807, 2.05) is 0 Å². The van der Waals surface area contributed by atoms with E-state index in [9.17, 15) is 13.2 Å². The van der Waals surface area contributed by atoms with Crippen LogP contribution < -0.4 is 0 Å². The Morgan fingerprint density at radius 2 is 1.79 bits per heavy atom. The third-order valence-electron chi connectivity index (χ3n) is 2.72. The molecule has 14 heavy (non-hydrogen) atoms. The van der Waals surface area contributed by atoms with Crippen LogP contribution in [-0.2, 0) is 14.6 Å². The minimum Gasteiger partial charge on any atom is -0.481 e. The lowest BCUT2D eigenvalue weighted by atomic mass is 9.89. The predicted octanol–water partition coefficient (Wildman–Crippen LogP) is 1.19. The second kappa shape index (κ2) is 4.13. The number of carboxylic acids is 1. The van der Waals surface area contributed by atoms with Gasteiger partial charge in [0.1, 0.15) is 0 Å². The molecule has 0 amide bonds. The number of rotatable bonds is 3. The van der Waals surface area contributed by atoms with Crippen LogP contribution in [0.25, 0.3) is 0 Å². The first-order valence-corrected chi connectivity index (χ1v) is 6.17. The molecule has 1 aliphatic carbocycles. The van der Waals surface area contributed by atoms with E-state index in [0.717, 1.165) is 5.41 Å². The van der Waals surface area contributed by atoms with Crippen LogP contribution >= 0.6 is 0 Å². The minimum atomic E-state index is -3.20. The maximum Gasteiger partial charge on any atom is 0.306 e. The van der Waals surface area contributed by atoms with Crippen LogP contribution in [0.2, 0.25) is 0 Å². The Morgan fingerprint density at radius 1 is 1.29 bits per heavy atom. The summed E-state index contributed by atoms with van der Waals surface area (Å²) < 4.78 is 22.7. The molecule has 0 radical (unpaired) electrons. The van der Waals surface area contributed by atoms with Crippen molar-refractivity contribution in [1.82, 2.24) is 0 Å². The molecule has 0 heterocycles. The molecule has 1 fully saturated rings. The predicted molar refractivity (Wildman–Crippen MR) is 52.5 cm³/mol. The molecule has 0 aromatic heterocycles. The molecule has 0 aromatic carbocycles. The Bertz CT molecular complexity index is 323. The summed E-state index contributed by atoms with van der Waals surface area (Å²) in [5, 5.41) is 9.27. The van der Waals surface area contributed by atoms with Gasteiger partial charge in [-0.25, -0.2) is 8.42 Å². The number of aliphatic carboxylic acids is 1. The number of hydrogen-bond acceptors (Lipinski definition) is 3. The third kappa shape index (κ3) is 2.35. The molecule has 5 heteroatoms. The molecule has 0 saturated heterocycles. The highest BCUT2D eigenvalue weighted by molar-refractivity contribution is 7.94. The molecule has 80 valence electrons. The molecule has 0 unspecified atom stereocenters. The average Bonchev–Trinajstić information content (AvgIpc) is 2.18. The van der Waals surface area contributed by atoms with Gasteiger partial charge in [-0.2, -0.15) is 0 Å². The monoisotopic (exact) mass is 218 g/mol. The Kier molecular flexibility index (Phi) is 3.31. The van der Waals surface area contributed by atoms with Gasteiger partial charge in [0.25, 0.3) is 0 Å². The first-order valence-electron chi connectivity index (χ1n) is 4.56. The van der Waals surface area contributed by atoms with Gasteiger partial charge in [-0.05, 0) is 25.7 Å². The molecule has 4 nitrogen and oxygen atoms in total. The number of carbonyl (C=O) groups is 1. The molecule has 0 atom stereocenters. The van der Waals surface area contributed by atoms with Gasteiger partial charge in [-0.3, -0.25) is 4.79 Å². The third-order valence-corrected chi connectivity index (χ3v) is 4.59. The Balaban J connectivity index is 2.60. The summed E-state index contributed by atoms with van der Waals surface area (Å²) in [5.41, 5.74) is 0. The molecular formula is C9H14O4S. The summed E-state index contributed by atoms with van der Waals surface area (Å²) in [6, 6.07) is 0. The summed E-state index contributed by atoms with van der Waals surface area (Å²) in [5.74, 6) is -1.19. The first kappa shape index (κ1) is 11.2. The van der Waals surface area contributed by atoms with E-state index in [-0.39, 0.29) is 5.92 Å². The molecule has 1 aliphatic rings. The molecule has 0 spiro atoms. The van der Waals surface area contributed by atoms with Crippen molar-refractivity contribution in [3.8, 4) is 0 Å². The van der Waals surface area contributed by atoms with Gasteiger partial charge in [0.2, 0.25) is 0 Å². The molecule has 1 rings (SSSR count). The minimum absolute atomic E-state index is 0.369. The van der Waals surface area contributed by atoms with Crippen LogP contribution in [0.15, 0.2) is 12.0 Å². The van der Waals surface area contributed by atoms with Crippen molar-refractivity contribution in [3.63, 3.8) is 0 Å².